The number of hydrogen-bond acceptors (Lipinski definition) is 3. The summed E-state index contributed by atoms with van der Waals surface area (Å²) in [5, 5.41) is 11.9. The zero-order valence-corrected chi connectivity index (χ0v) is 8.46. The van der Waals surface area contributed by atoms with Gasteiger partial charge in [-0.15, -0.1) is 0 Å². The second-order valence-electron chi connectivity index (χ2n) is 3.60. The van der Waals surface area contributed by atoms with Crippen molar-refractivity contribution in [2.45, 2.75) is 12.8 Å². The molecule has 0 aromatic rings. The van der Waals surface area contributed by atoms with Crippen molar-refractivity contribution in [2.75, 3.05) is 32.7 Å². The molecule has 4 heteroatoms. The van der Waals surface area contributed by atoms with Crippen molar-refractivity contribution in [1.29, 1.82) is 0 Å². The Morgan fingerprint density at radius 3 is 2.64 bits per heavy atom. The maximum absolute atomic E-state index is 10.5. The quantitative estimate of drug-likeness (QED) is 0.624. The van der Waals surface area contributed by atoms with E-state index in [1.54, 1.807) is 0 Å². The van der Waals surface area contributed by atoms with Crippen LogP contribution in [0.15, 0.2) is 12.2 Å². The summed E-state index contributed by atoms with van der Waals surface area (Å²) < 4.78 is 0. The first-order valence-electron chi connectivity index (χ1n) is 5.04. The van der Waals surface area contributed by atoms with Crippen LogP contribution in [0, 0.1) is 0 Å². The van der Waals surface area contributed by atoms with Gasteiger partial charge in [0, 0.05) is 31.8 Å². The van der Waals surface area contributed by atoms with E-state index in [9.17, 15) is 4.79 Å². The largest absolute Gasteiger partial charge is 0.478 e. The molecule has 0 aliphatic carbocycles. The van der Waals surface area contributed by atoms with Crippen molar-refractivity contribution >= 4 is 5.97 Å². The molecule has 1 heterocycles. The number of nitrogens with zero attached hydrogens (tertiary/aromatic N) is 1. The van der Waals surface area contributed by atoms with Crippen LogP contribution in [0.25, 0.3) is 0 Å². The number of hydrogen-bond donors (Lipinski definition) is 2. The lowest BCUT2D eigenvalue weighted by Gasteiger charge is -2.26. The van der Waals surface area contributed by atoms with Crippen LogP contribution in [-0.4, -0.2) is 48.7 Å². The van der Waals surface area contributed by atoms with Crippen molar-refractivity contribution in [3.8, 4) is 0 Å². The molecule has 14 heavy (non-hydrogen) atoms. The van der Waals surface area contributed by atoms with E-state index in [1.807, 2.05) is 0 Å². The van der Waals surface area contributed by atoms with Crippen LogP contribution in [-0.2, 0) is 4.79 Å². The van der Waals surface area contributed by atoms with Crippen molar-refractivity contribution in [2.24, 2.45) is 0 Å². The van der Waals surface area contributed by atoms with Gasteiger partial charge in [-0.3, -0.25) is 0 Å². The molecular formula is C10H18N2O2. The topological polar surface area (TPSA) is 52.6 Å². The molecule has 0 radical (unpaired) electrons. The van der Waals surface area contributed by atoms with E-state index in [0.29, 0.717) is 12.0 Å². The van der Waals surface area contributed by atoms with E-state index in [2.05, 4.69) is 16.8 Å². The molecule has 80 valence electrons. The molecule has 2 N–H and O–H groups in total. The summed E-state index contributed by atoms with van der Waals surface area (Å²) in [6.45, 7) is 8.71. The van der Waals surface area contributed by atoms with E-state index in [4.69, 9.17) is 5.11 Å². The fourth-order valence-corrected chi connectivity index (χ4v) is 1.56. The van der Waals surface area contributed by atoms with Gasteiger partial charge >= 0.3 is 5.97 Å². The molecule has 0 amide bonds. The number of carboxylic acids is 1. The van der Waals surface area contributed by atoms with Gasteiger partial charge in [-0.05, 0) is 19.4 Å². The fourth-order valence-electron chi connectivity index (χ4n) is 1.56. The minimum absolute atomic E-state index is 0.320. The van der Waals surface area contributed by atoms with Gasteiger partial charge in [0.25, 0.3) is 0 Å². The molecule has 1 saturated heterocycles. The number of nitrogens with one attached hydrogen (secondary N) is 1. The molecule has 0 saturated carbocycles. The molecule has 0 aromatic heterocycles. The first-order chi connectivity index (χ1) is 6.70. The molecule has 1 aliphatic heterocycles. The van der Waals surface area contributed by atoms with Gasteiger partial charge in [0.1, 0.15) is 0 Å². The normalized spacial score (nSPS) is 18.0. The molecule has 1 fully saturated rings. The molecular weight excluding hydrogens is 180 g/mol. The van der Waals surface area contributed by atoms with E-state index < -0.39 is 5.97 Å². The van der Waals surface area contributed by atoms with E-state index in [1.165, 1.54) is 0 Å². The third kappa shape index (κ3) is 3.89. The summed E-state index contributed by atoms with van der Waals surface area (Å²) in [7, 11) is 0. The van der Waals surface area contributed by atoms with Crippen LogP contribution >= 0.6 is 0 Å². The summed E-state index contributed by atoms with van der Waals surface area (Å²) >= 11 is 0. The summed E-state index contributed by atoms with van der Waals surface area (Å²) in [5.41, 5.74) is 0.320. The second kappa shape index (κ2) is 5.78. The van der Waals surface area contributed by atoms with Gasteiger partial charge in [-0.2, -0.15) is 0 Å². The minimum Gasteiger partial charge on any atom is -0.478 e. The Balaban J connectivity index is 2.08. The number of piperazine rings is 1. The maximum Gasteiger partial charge on any atom is 0.330 e. The van der Waals surface area contributed by atoms with Crippen molar-refractivity contribution < 1.29 is 9.90 Å². The first-order valence-corrected chi connectivity index (χ1v) is 5.04. The highest BCUT2D eigenvalue weighted by Gasteiger charge is 2.09. The van der Waals surface area contributed by atoms with Crippen LogP contribution in [0.5, 0.6) is 0 Å². The van der Waals surface area contributed by atoms with Crippen molar-refractivity contribution in [1.82, 2.24) is 10.2 Å². The monoisotopic (exact) mass is 198 g/mol. The molecule has 0 spiro atoms. The molecule has 0 atom stereocenters. The van der Waals surface area contributed by atoms with E-state index in [-0.39, 0.29) is 0 Å². The average molecular weight is 198 g/mol. The highest BCUT2D eigenvalue weighted by molar-refractivity contribution is 5.85. The predicted octanol–water partition coefficient (Wildman–Crippen LogP) is 0.313. The summed E-state index contributed by atoms with van der Waals surface area (Å²) in [6, 6.07) is 0. The summed E-state index contributed by atoms with van der Waals surface area (Å²) in [5.74, 6) is -0.870. The third-order valence-corrected chi connectivity index (χ3v) is 2.46. The number of rotatable bonds is 5. The fraction of sp³-hybridized carbons (Fsp3) is 0.700. The minimum atomic E-state index is -0.870. The number of carboxylic acid groups (broad SMARTS) is 1. The van der Waals surface area contributed by atoms with Gasteiger partial charge in [0.05, 0.1) is 0 Å². The van der Waals surface area contributed by atoms with Gasteiger partial charge in [-0.25, -0.2) is 4.79 Å². The number of aliphatic carboxylic acids is 1. The predicted molar refractivity (Wildman–Crippen MR) is 55.3 cm³/mol. The van der Waals surface area contributed by atoms with Gasteiger partial charge in [0.15, 0.2) is 0 Å². The smallest absolute Gasteiger partial charge is 0.330 e. The second-order valence-corrected chi connectivity index (χ2v) is 3.60. The Morgan fingerprint density at radius 1 is 1.43 bits per heavy atom. The van der Waals surface area contributed by atoms with Crippen LogP contribution < -0.4 is 5.32 Å². The Labute approximate surface area is 84.6 Å². The van der Waals surface area contributed by atoms with Crippen LogP contribution in [0.2, 0.25) is 0 Å². The Hall–Kier alpha value is -0.870. The van der Waals surface area contributed by atoms with E-state index >= 15 is 0 Å². The zero-order valence-electron chi connectivity index (χ0n) is 8.46. The lowest BCUT2D eigenvalue weighted by molar-refractivity contribution is -0.132. The van der Waals surface area contributed by atoms with Crippen molar-refractivity contribution in [3.05, 3.63) is 12.2 Å². The lowest BCUT2D eigenvalue weighted by atomic mass is 10.1. The highest BCUT2D eigenvalue weighted by Crippen LogP contribution is 2.04. The standard InChI is InChI=1S/C10H18N2O2/c1-9(10(13)14)3-2-6-12-7-4-11-5-8-12/h11H,1-8H2,(H,13,14). The molecule has 0 bridgehead atoms. The van der Waals surface area contributed by atoms with E-state index in [0.717, 1.165) is 39.1 Å². The third-order valence-electron chi connectivity index (χ3n) is 2.46. The van der Waals surface area contributed by atoms with Crippen molar-refractivity contribution in [3.63, 3.8) is 0 Å². The zero-order chi connectivity index (χ0) is 10.4. The summed E-state index contributed by atoms with van der Waals surface area (Å²) in [6.07, 6.45) is 1.49. The molecule has 0 aromatic carbocycles. The van der Waals surface area contributed by atoms with Crippen LogP contribution in [0.3, 0.4) is 0 Å². The highest BCUT2D eigenvalue weighted by atomic mass is 16.4. The van der Waals surface area contributed by atoms with Gasteiger partial charge in [-0.1, -0.05) is 6.58 Å². The van der Waals surface area contributed by atoms with Gasteiger partial charge in [0.2, 0.25) is 0 Å². The molecule has 1 rings (SSSR count). The SMILES string of the molecule is C=C(CCCN1CCNCC1)C(=O)O. The van der Waals surface area contributed by atoms with Crippen LogP contribution in [0.4, 0.5) is 0 Å². The van der Waals surface area contributed by atoms with Crippen LogP contribution in [0.1, 0.15) is 12.8 Å². The Kier molecular flexibility index (Phi) is 4.62. The Morgan fingerprint density at radius 2 is 2.07 bits per heavy atom. The average Bonchev–Trinajstić information content (AvgIpc) is 2.19. The summed E-state index contributed by atoms with van der Waals surface area (Å²) in [4.78, 5) is 12.8. The van der Waals surface area contributed by atoms with Gasteiger partial charge < -0.3 is 15.3 Å². The lowest BCUT2D eigenvalue weighted by Crippen LogP contribution is -2.43. The molecule has 1 aliphatic rings. The maximum atomic E-state index is 10.5. The first kappa shape index (κ1) is 11.2. The molecule has 0 unspecified atom stereocenters. The molecule has 4 nitrogen and oxygen atoms in total. The number of carbonyl (C=O) groups is 1. The Bertz CT molecular complexity index is 210.